The zero-order valence-electron chi connectivity index (χ0n) is 15.6. The van der Waals surface area contributed by atoms with E-state index in [4.69, 9.17) is 9.47 Å². The van der Waals surface area contributed by atoms with Crippen molar-refractivity contribution in [1.82, 2.24) is 10.3 Å². The average Bonchev–Trinajstić information content (AvgIpc) is 2.88. The van der Waals surface area contributed by atoms with E-state index < -0.39 is 11.6 Å². The molecule has 1 unspecified atom stereocenters. The molecule has 1 aliphatic heterocycles. The van der Waals surface area contributed by atoms with Gasteiger partial charge in [-0.25, -0.2) is 9.37 Å². The number of aryl methyl sites for hydroxylation is 1. The van der Waals surface area contributed by atoms with Gasteiger partial charge in [-0.1, -0.05) is 6.92 Å². The molecular weight excluding hydrogens is 335 g/mol. The highest BCUT2D eigenvalue weighted by Gasteiger charge is 2.46. The number of fused-ring (bicyclic) bond motifs is 1. The fraction of sp³-hybridized carbons (Fsp3) is 0.500. The fourth-order valence-electron chi connectivity index (χ4n) is 3.22. The molecule has 1 fully saturated rings. The van der Waals surface area contributed by atoms with Crippen molar-refractivity contribution in [2.24, 2.45) is 0 Å². The molecule has 0 aliphatic carbocycles. The minimum atomic E-state index is -1.80. The Hall–Kier alpha value is -2.37. The zero-order valence-corrected chi connectivity index (χ0v) is 15.6. The summed E-state index contributed by atoms with van der Waals surface area (Å²) in [6.07, 6.45) is 2.02. The number of aromatic nitrogens is 1. The predicted octanol–water partition coefficient (Wildman–Crippen LogP) is 3.72. The van der Waals surface area contributed by atoms with Gasteiger partial charge in [0.1, 0.15) is 12.4 Å². The molecule has 1 aromatic carbocycles. The van der Waals surface area contributed by atoms with Crippen molar-refractivity contribution < 1.29 is 18.7 Å². The Morgan fingerprint density at radius 2 is 2.19 bits per heavy atom. The molecule has 5 nitrogen and oxygen atoms in total. The molecule has 140 valence electrons. The molecule has 0 saturated carbocycles. The van der Waals surface area contributed by atoms with Crippen molar-refractivity contribution in [1.29, 1.82) is 0 Å². The minimum Gasteiger partial charge on any atom is -0.491 e. The molecule has 1 N–H and O–H groups in total. The molecule has 1 amide bonds. The van der Waals surface area contributed by atoms with Crippen LogP contribution in [-0.2, 0) is 4.79 Å². The number of carbonyl (C=O) groups is 1. The van der Waals surface area contributed by atoms with Gasteiger partial charge >= 0.3 is 0 Å². The number of rotatable bonds is 6. The Kier molecular flexibility index (Phi) is 5.03. The summed E-state index contributed by atoms with van der Waals surface area (Å²) in [5.74, 6) is 0.689. The molecule has 2 atom stereocenters. The standard InChI is InChI=1S/C20H25FN2O3/c1-5-20(21)10-15(23-19(20)24)11-25-18-16-9-17(26-12(2)3)13(4)8-14(16)6-7-22-18/h6-9,12,15H,5,10-11H2,1-4H3,(H,23,24)/t15?,20-/m1/s1. The molecule has 1 saturated heterocycles. The van der Waals surface area contributed by atoms with E-state index in [1.165, 1.54) is 0 Å². The van der Waals surface area contributed by atoms with Crippen molar-refractivity contribution in [2.45, 2.75) is 58.4 Å². The summed E-state index contributed by atoms with van der Waals surface area (Å²) in [4.78, 5) is 16.1. The number of halogens is 1. The van der Waals surface area contributed by atoms with Crippen LogP contribution >= 0.6 is 0 Å². The second-order valence-corrected chi connectivity index (χ2v) is 7.13. The topological polar surface area (TPSA) is 60.5 Å². The quantitative estimate of drug-likeness (QED) is 0.853. The van der Waals surface area contributed by atoms with E-state index >= 15 is 0 Å². The largest absolute Gasteiger partial charge is 0.491 e. The second kappa shape index (κ2) is 7.09. The number of ether oxygens (including phenoxy) is 2. The van der Waals surface area contributed by atoms with E-state index in [1.54, 1.807) is 13.1 Å². The smallest absolute Gasteiger partial charge is 0.258 e. The molecule has 3 rings (SSSR count). The summed E-state index contributed by atoms with van der Waals surface area (Å²) in [6, 6.07) is 5.50. The second-order valence-electron chi connectivity index (χ2n) is 7.13. The third kappa shape index (κ3) is 3.59. The van der Waals surface area contributed by atoms with Gasteiger partial charge in [0, 0.05) is 18.0 Å². The number of hydrogen-bond donors (Lipinski definition) is 1. The maximum absolute atomic E-state index is 14.4. The highest BCUT2D eigenvalue weighted by molar-refractivity contribution is 5.89. The number of nitrogens with one attached hydrogen (secondary N) is 1. The third-order valence-electron chi connectivity index (χ3n) is 4.68. The Labute approximate surface area is 152 Å². The third-order valence-corrected chi connectivity index (χ3v) is 4.68. The highest BCUT2D eigenvalue weighted by Crippen LogP contribution is 2.32. The van der Waals surface area contributed by atoms with Gasteiger partial charge in [0.2, 0.25) is 5.88 Å². The van der Waals surface area contributed by atoms with Crippen LogP contribution in [0.25, 0.3) is 10.8 Å². The Morgan fingerprint density at radius 3 is 2.85 bits per heavy atom. The number of amides is 1. The summed E-state index contributed by atoms with van der Waals surface area (Å²) < 4.78 is 26.1. The molecule has 0 radical (unpaired) electrons. The van der Waals surface area contributed by atoms with Gasteiger partial charge in [0.25, 0.3) is 5.91 Å². The molecule has 0 spiro atoms. The van der Waals surface area contributed by atoms with Crippen LogP contribution in [0, 0.1) is 6.92 Å². The average molecular weight is 360 g/mol. The van der Waals surface area contributed by atoms with Crippen molar-refractivity contribution in [3.05, 3.63) is 30.0 Å². The fourth-order valence-corrected chi connectivity index (χ4v) is 3.22. The lowest BCUT2D eigenvalue weighted by atomic mass is 9.99. The zero-order chi connectivity index (χ0) is 18.9. The Balaban J connectivity index is 1.81. The van der Waals surface area contributed by atoms with Crippen LogP contribution in [0.15, 0.2) is 24.4 Å². The van der Waals surface area contributed by atoms with Gasteiger partial charge in [-0.3, -0.25) is 4.79 Å². The normalized spacial score (nSPS) is 22.7. The van der Waals surface area contributed by atoms with Crippen LogP contribution in [-0.4, -0.2) is 35.3 Å². The monoisotopic (exact) mass is 360 g/mol. The van der Waals surface area contributed by atoms with Crippen molar-refractivity contribution in [3.63, 3.8) is 0 Å². The number of nitrogens with zero attached hydrogens (tertiary/aromatic N) is 1. The highest BCUT2D eigenvalue weighted by atomic mass is 19.1. The molecule has 1 aromatic heterocycles. The molecule has 6 heteroatoms. The summed E-state index contributed by atoms with van der Waals surface area (Å²) in [7, 11) is 0. The molecule has 2 aromatic rings. The molecule has 26 heavy (non-hydrogen) atoms. The minimum absolute atomic E-state index is 0.0626. The summed E-state index contributed by atoms with van der Waals surface area (Å²) in [5, 5.41) is 4.50. The van der Waals surface area contributed by atoms with E-state index in [9.17, 15) is 9.18 Å². The summed E-state index contributed by atoms with van der Waals surface area (Å²) in [6.45, 7) is 7.80. The first-order chi connectivity index (χ1) is 12.3. The van der Waals surface area contributed by atoms with E-state index in [2.05, 4.69) is 10.3 Å². The van der Waals surface area contributed by atoms with Crippen LogP contribution in [0.4, 0.5) is 4.39 Å². The van der Waals surface area contributed by atoms with E-state index in [1.807, 2.05) is 39.0 Å². The maximum Gasteiger partial charge on any atom is 0.258 e. The number of benzene rings is 1. The predicted molar refractivity (Wildman–Crippen MR) is 98.4 cm³/mol. The van der Waals surface area contributed by atoms with Crippen molar-refractivity contribution >= 4 is 16.7 Å². The number of alkyl halides is 1. The van der Waals surface area contributed by atoms with E-state index in [0.717, 1.165) is 22.1 Å². The van der Waals surface area contributed by atoms with Crippen molar-refractivity contribution in [2.75, 3.05) is 6.61 Å². The van der Waals surface area contributed by atoms with Crippen LogP contribution in [0.2, 0.25) is 0 Å². The number of hydrogen-bond acceptors (Lipinski definition) is 4. The van der Waals surface area contributed by atoms with Crippen molar-refractivity contribution in [3.8, 4) is 11.6 Å². The number of carbonyl (C=O) groups excluding carboxylic acids is 1. The summed E-state index contributed by atoms with van der Waals surface area (Å²) in [5.41, 5.74) is -0.758. The lowest BCUT2D eigenvalue weighted by Gasteiger charge is -2.16. The molecule has 2 heterocycles. The Bertz CT molecular complexity index is 824. The summed E-state index contributed by atoms with van der Waals surface area (Å²) >= 11 is 0. The Morgan fingerprint density at radius 1 is 1.42 bits per heavy atom. The van der Waals surface area contributed by atoms with Gasteiger partial charge in [-0.05, 0) is 56.3 Å². The molecule has 0 bridgehead atoms. The van der Waals surface area contributed by atoms with E-state index in [-0.39, 0.29) is 31.6 Å². The first kappa shape index (κ1) is 18.4. The van der Waals surface area contributed by atoms with Gasteiger partial charge in [0.05, 0.1) is 12.1 Å². The van der Waals surface area contributed by atoms with Gasteiger partial charge in [-0.2, -0.15) is 0 Å². The van der Waals surface area contributed by atoms with Crippen LogP contribution in [0.5, 0.6) is 11.6 Å². The van der Waals surface area contributed by atoms with Crippen LogP contribution < -0.4 is 14.8 Å². The molecular formula is C20H25FN2O3. The molecule has 1 aliphatic rings. The van der Waals surface area contributed by atoms with Crippen LogP contribution in [0.3, 0.4) is 0 Å². The van der Waals surface area contributed by atoms with E-state index in [0.29, 0.717) is 5.88 Å². The SMILES string of the molecule is CC[C@@]1(F)CC(COc2nccc3cc(C)c(OC(C)C)cc23)NC1=O. The lowest BCUT2D eigenvalue weighted by Crippen LogP contribution is -2.34. The van der Waals surface area contributed by atoms with Gasteiger partial charge in [0.15, 0.2) is 5.67 Å². The first-order valence-electron chi connectivity index (χ1n) is 9.01. The van der Waals surface area contributed by atoms with Gasteiger partial charge in [-0.15, -0.1) is 0 Å². The van der Waals surface area contributed by atoms with Crippen LogP contribution in [0.1, 0.15) is 39.2 Å². The lowest BCUT2D eigenvalue weighted by molar-refractivity contribution is -0.129. The van der Waals surface area contributed by atoms with Gasteiger partial charge < -0.3 is 14.8 Å². The maximum atomic E-state index is 14.4. The first-order valence-corrected chi connectivity index (χ1v) is 9.01. The number of pyridine rings is 1.